The molecule has 35 heavy (non-hydrogen) atoms. The summed E-state index contributed by atoms with van der Waals surface area (Å²) in [5.74, 6) is 0. The molecule has 3 aliphatic rings. The molecule has 6 rings (SSSR count). The van der Waals surface area contributed by atoms with Crippen LogP contribution in [0.3, 0.4) is 0 Å². The van der Waals surface area contributed by atoms with Gasteiger partial charge < -0.3 is 15.2 Å². The number of nitrogens with zero attached hydrogens (tertiary/aromatic N) is 4. The highest BCUT2D eigenvalue weighted by Gasteiger charge is 2.51. The lowest BCUT2D eigenvalue weighted by Gasteiger charge is -2.41. The van der Waals surface area contributed by atoms with Crippen molar-refractivity contribution in [3.63, 3.8) is 0 Å². The van der Waals surface area contributed by atoms with Gasteiger partial charge in [0.1, 0.15) is 6.29 Å². The van der Waals surface area contributed by atoms with E-state index in [4.69, 9.17) is 0 Å². The average molecular weight is 470 g/mol. The number of aliphatic hydroxyl groups excluding tert-OH is 1. The number of hydrogen-bond acceptors (Lipinski definition) is 7. The van der Waals surface area contributed by atoms with E-state index in [2.05, 4.69) is 67.8 Å². The number of carbonyl (C=O) groups excluding carboxylic acids is 1. The summed E-state index contributed by atoms with van der Waals surface area (Å²) in [6.07, 6.45) is 7.13. The molecule has 3 heterocycles. The molecule has 1 aromatic heterocycles. The number of β-amino-alcohol motifs (C(OH)–C–C–N with tert-alkyl or cyclic N) is 1. The van der Waals surface area contributed by atoms with Gasteiger partial charge in [0.2, 0.25) is 0 Å². The molecule has 2 aliphatic heterocycles. The molecule has 1 aliphatic carbocycles. The van der Waals surface area contributed by atoms with Gasteiger partial charge >= 0.3 is 0 Å². The minimum Gasteiger partial charge on any atom is -0.390 e. The van der Waals surface area contributed by atoms with Crippen LogP contribution in [0.1, 0.15) is 41.1 Å². The third-order valence-electron chi connectivity index (χ3n) is 7.82. The van der Waals surface area contributed by atoms with E-state index in [0.29, 0.717) is 13.1 Å². The van der Waals surface area contributed by atoms with E-state index in [0.717, 1.165) is 62.1 Å². The second kappa shape index (κ2) is 9.15. The number of aldehydes is 1. The summed E-state index contributed by atoms with van der Waals surface area (Å²) in [5.41, 5.74) is 6.99. The number of nitrogens with one attached hydrogen (secondary N) is 1. The first-order valence-electron chi connectivity index (χ1n) is 12.5. The van der Waals surface area contributed by atoms with Crippen LogP contribution in [-0.2, 0) is 23.2 Å². The molecule has 0 saturated heterocycles. The molecule has 1 spiro atoms. The van der Waals surface area contributed by atoms with Gasteiger partial charge in [-0.15, -0.1) is 0 Å². The molecule has 1 saturated carbocycles. The van der Waals surface area contributed by atoms with Crippen molar-refractivity contribution in [3.8, 4) is 0 Å². The molecule has 0 bridgehead atoms. The van der Waals surface area contributed by atoms with Gasteiger partial charge in [0.05, 0.1) is 30.2 Å². The summed E-state index contributed by atoms with van der Waals surface area (Å²) >= 11 is 0. The van der Waals surface area contributed by atoms with Crippen LogP contribution < -0.4 is 5.32 Å². The number of anilines is 2. The summed E-state index contributed by atoms with van der Waals surface area (Å²) in [6, 6.07) is 16.4. The zero-order valence-electron chi connectivity index (χ0n) is 19.8. The molecule has 0 radical (unpaired) electrons. The lowest BCUT2D eigenvalue weighted by molar-refractivity contribution is -0.113. The highest BCUT2D eigenvalue weighted by molar-refractivity contribution is 5.69. The SMILES string of the molecule is O=CC1c2cc(Nc3ccnnc3)ccc2C2(CC2)CN1CC(O)CN1CCc2ccccc2C1. The van der Waals surface area contributed by atoms with Gasteiger partial charge in [0.15, 0.2) is 0 Å². The monoisotopic (exact) mass is 469 g/mol. The van der Waals surface area contributed by atoms with Crippen LogP contribution in [0.2, 0.25) is 0 Å². The topological polar surface area (TPSA) is 81.6 Å². The minimum atomic E-state index is -0.510. The van der Waals surface area contributed by atoms with Crippen LogP contribution in [0.25, 0.3) is 0 Å². The lowest BCUT2D eigenvalue weighted by atomic mass is 9.82. The molecule has 7 heteroatoms. The Morgan fingerprint density at radius 2 is 1.94 bits per heavy atom. The fourth-order valence-corrected chi connectivity index (χ4v) is 5.92. The highest BCUT2D eigenvalue weighted by Crippen LogP contribution is 2.55. The molecule has 2 aromatic carbocycles. The molecule has 2 unspecified atom stereocenters. The number of rotatable bonds is 7. The van der Waals surface area contributed by atoms with Gasteiger partial charge in [-0.3, -0.25) is 9.80 Å². The normalized spacial score (nSPS) is 21.7. The van der Waals surface area contributed by atoms with E-state index >= 15 is 0 Å². The van der Waals surface area contributed by atoms with Gasteiger partial charge in [0.25, 0.3) is 0 Å². The van der Waals surface area contributed by atoms with E-state index in [9.17, 15) is 9.90 Å². The number of carbonyl (C=O) groups is 1. The number of fused-ring (bicyclic) bond motifs is 3. The molecular formula is C28H31N5O2. The molecular weight excluding hydrogens is 438 g/mol. The van der Waals surface area contributed by atoms with E-state index < -0.39 is 6.10 Å². The molecule has 1 fully saturated rings. The van der Waals surface area contributed by atoms with Crippen LogP contribution in [-0.4, -0.2) is 63.7 Å². The van der Waals surface area contributed by atoms with Crippen molar-refractivity contribution in [2.75, 3.05) is 31.5 Å². The molecule has 2 atom stereocenters. The van der Waals surface area contributed by atoms with Gasteiger partial charge in [-0.1, -0.05) is 30.3 Å². The fraction of sp³-hybridized carbons (Fsp3) is 0.393. The zero-order valence-corrected chi connectivity index (χ0v) is 19.8. The summed E-state index contributed by atoms with van der Waals surface area (Å²) in [7, 11) is 0. The summed E-state index contributed by atoms with van der Waals surface area (Å²) in [6.45, 7) is 3.76. The first kappa shape index (κ1) is 22.3. The van der Waals surface area contributed by atoms with Crippen LogP contribution in [0.15, 0.2) is 60.9 Å². The Balaban J connectivity index is 1.18. The number of hydrogen-bond donors (Lipinski definition) is 2. The van der Waals surface area contributed by atoms with Crippen LogP contribution in [0.5, 0.6) is 0 Å². The first-order chi connectivity index (χ1) is 17.1. The van der Waals surface area contributed by atoms with E-state index in [1.807, 2.05) is 6.07 Å². The van der Waals surface area contributed by atoms with Crippen molar-refractivity contribution in [2.45, 2.75) is 43.4 Å². The van der Waals surface area contributed by atoms with Crippen molar-refractivity contribution in [2.24, 2.45) is 0 Å². The van der Waals surface area contributed by atoms with Crippen molar-refractivity contribution < 1.29 is 9.90 Å². The Kier molecular flexibility index (Phi) is 5.84. The molecule has 180 valence electrons. The van der Waals surface area contributed by atoms with Crippen molar-refractivity contribution in [1.29, 1.82) is 0 Å². The smallest absolute Gasteiger partial charge is 0.141 e. The predicted molar refractivity (Wildman–Crippen MR) is 134 cm³/mol. The second-order valence-electron chi connectivity index (χ2n) is 10.3. The summed E-state index contributed by atoms with van der Waals surface area (Å²) in [4.78, 5) is 16.9. The third kappa shape index (κ3) is 4.47. The van der Waals surface area contributed by atoms with Crippen molar-refractivity contribution in [3.05, 3.63) is 83.2 Å². The molecule has 0 amide bonds. The highest BCUT2D eigenvalue weighted by atomic mass is 16.3. The Hall–Kier alpha value is -3.13. The summed E-state index contributed by atoms with van der Waals surface area (Å²) < 4.78 is 0. The van der Waals surface area contributed by atoms with E-state index in [1.165, 1.54) is 16.7 Å². The predicted octanol–water partition coefficient (Wildman–Crippen LogP) is 3.23. The summed E-state index contributed by atoms with van der Waals surface area (Å²) in [5, 5.41) is 22.2. The van der Waals surface area contributed by atoms with Gasteiger partial charge in [-0.25, -0.2) is 0 Å². The number of aliphatic hydroxyl groups is 1. The Morgan fingerprint density at radius 1 is 1.09 bits per heavy atom. The lowest BCUT2D eigenvalue weighted by Crippen LogP contribution is -2.48. The Bertz CT molecular complexity index is 1210. The maximum Gasteiger partial charge on any atom is 0.141 e. The fourth-order valence-electron chi connectivity index (χ4n) is 5.92. The van der Waals surface area contributed by atoms with E-state index in [-0.39, 0.29) is 11.5 Å². The van der Waals surface area contributed by atoms with E-state index in [1.54, 1.807) is 12.4 Å². The average Bonchev–Trinajstić information content (AvgIpc) is 3.64. The van der Waals surface area contributed by atoms with Crippen LogP contribution in [0, 0.1) is 0 Å². The quantitative estimate of drug-likeness (QED) is 0.514. The molecule has 7 nitrogen and oxygen atoms in total. The van der Waals surface area contributed by atoms with Gasteiger partial charge in [-0.05, 0) is 59.7 Å². The second-order valence-corrected chi connectivity index (χ2v) is 10.3. The number of aromatic nitrogens is 2. The Morgan fingerprint density at radius 3 is 2.71 bits per heavy atom. The third-order valence-corrected chi connectivity index (χ3v) is 7.82. The van der Waals surface area contributed by atoms with Gasteiger partial charge in [-0.2, -0.15) is 10.2 Å². The van der Waals surface area contributed by atoms with Crippen LogP contribution >= 0.6 is 0 Å². The maximum absolute atomic E-state index is 12.4. The zero-order chi connectivity index (χ0) is 23.8. The first-order valence-corrected chi connectivity index (χ1v) is 12.5. The van der Waals surface area contributed by atoms with Crippen molar-refractivity contribution in [1.82, 2.24) is 20.0 Å². The minimum absolute atomic E-state index is 0.107. The van der Waals surface area contributed by atoms with Crippen LogP contribution in [0.4, 0.5) is 11.4 Å². The van der Waals surface area contributed by atoms with Gasteiger partial charge in [0, 0.05) is 43.8 Å². The standard InChI is InChI=1S/C28H31N5O2/c34-18-27-25-13-22(31-23-7-11-29-30-14-23)5-6-26(25)28(9-10-28)19-33(27)17-24(35)16-32-12-8-20-3-1-2-4-21(20)15-32/h1-7,11,13-14,18,24,27,35H,8-10,12,15-17,19H2,(H,29,31). The maximum atomic E-state index is 12.4. The molecule has 2 N–H and O–H groups in total. The largest absolute Gasteiger partial charge is 0.390 e. The number of benzene rings is 2. The van der Waals surface area contributed by atoms with Crippen molar-refractivity contribution >= 4 is 17.7 Å². The molecule has 3 aromatic rings. The Labute approximate surface area is 205 Å².